The second-order valence-corrected chi connectivity index (χ2v) is 7.33. The van der Waals surface area contributed by atoms with Crippen LogP contribution >= 0.6 is 0 Å². The molecule has 1 aromatic heterocycles. The molecule has 0 fully saturated rings. The van der Waals surface area contributed by atoms with Gasteiger partial charge < -0.3 is 14.2 Å². The summed E-state index contributed by atoms with van der Waals surface area (Å²) in [5.41, 5.74) is 2.93. The van der Waals surface area contributed by atoms with Crippen LogP contribution in [-0.4, -0.2) is 29.6 Å². The first-order valence-electron chi connectivity index (χ1n) is 10.2. The van der Waals surface area contributed by atoms with Gasteiger partial charge in [0.05, 0.1) is 19.9 Å². The highest BCUT2D eigenvalue weighted by molar-refractivity contribution is 5.96. The summed E-state index contributed by atoms with van der Waals surface area (Å²) in [7, 11) is 3.18. The maximum atomic E-state index is 12.6. The third-order valence-electron chi connectivity index (χ3n) is 5.35. The van der Waals surface area contributed by atoms with Crippen LogP contribution in [0.5, 0.6) is 23.1 Å². The normalized spacial score (nSPS) is 12.0. The Morgan fingerprint density at radius 1 is 1.06 bits per heavy atom. The van der Waals surface area contributed by atoms with Gasteiger partial charge >= 0.3 is 5.69 Å². The molecule has 7 heteroatoms. The SMILES string of the molecule is CCCC(=O)c1ccc(Oc2cc3n(c(=O)n2)CCc2cc(OC)c(OC)cc2-3)cc1. The molecule has 0 amide bonds. The lowest BCUT2D eigenvalue weighted by Gasteiger charge is -2.23. The van der Waals surface area contributed by atoms with Crippen LogP contribution < -0.4 is 19.9 Å². The highest BCUT2D eigenvalue weighted by atomic mass is 16.5. The van der Waals surface area contributed by atoms with E-state index in [9.17, 15) is 9.59 Å². The number of aromatic nitrogens is 2. The molecule has 7 nitrogen and oxygen atoms in total. The van der Waals surface area contributed by atoms with E-state index in [0.29, 0.717) is 47.9 Å². The molecule has 31 heavy (non-hydrogen) atoms. The number of rotatable bonds is 7. The second kappa shape index (κ2) is 8.63. The number of aryl methyl sites for hydroxylation is 1. The lowest BCUT2D eigenvalue weighted by molar-refractivity contribution is 0.0981. The molecule has 0 saturated heterocycles. The first kappa shape index (κ1) is 20.7. The minimum absolute atomic E-state index is 0.0974. The number of Topliss-reactive ketones (excluding diaryl/α,β-unsaturated/α-hetero) is 1. The molecular formula is C24H24N2O5. The first-order valence-corrected chi connectivity index (χ1v) is 10.2. The van der Waals surface area contributed by atoms with Crippen LogP contribution in [-0.2, 0) is 13.0 Å². The minimum Gasteiger partial charge on any atom is -0.493 e. The van der Waals surface area contributed by atoms with E-state index in [2.05, 4.69) is 4.98 Å². The molecule has 0 unspecified atom stereocenters. The van der Waals surface area contributed by atoms with Gasteiger partial charge in [0.15, 0.2) is 17.3 Å². The fourth-order valence-corrected chi connectivity index (χ4v) is 3.78. The molecule has 0 bridgehead atoms. The van der Waals surface area contributed by atoms with Crippen molar-refractivity contribution in [2.24, 2.45) is 0 Å². The predicted octanol–water partition coefficient (Wildman–Crippen LogP) is 4.26. The van der Waals surface area contributed by atoms with Crippen molar-refractivity contribution in [2.45, 2.75) is 32.7 Å². The minimum atomic E-state index is -0.373. The van der Waals surface area contributed by atoms with E-state index < -0.39 is 0 Å². The van der Waals surface area contributed by atoms with Crippen molar-refractivity contribution in [1.82, 2.24) is 9.55 Å². The number of fused-ring (bicyclic) bond motifs is 3. The number of hydrogen-bond acceptors (Lipinski definition) is 6. The summed E-state index contributed by atoms with van der Waals surface area (Å²) in [6.07, 6.45) is 2.01. The number of carbonyl (C=O) groups is 1. The number of nitrogens with zero attached hydrogens (tertiary/aromatic N) is 2. The van der Waals surface area contributed by atoms with Crippen LogP contribution in [0.2, 0.25) is 0 Å². The van der Waals surface area contributed by atoms with Crippen LogP contribution in [0.4, 0.5) is 0 Å². The van der Waals surface area contributed by atoms with Gasteiger partial charge in [-0.05, 0) is 54.8 Å². The highest BCUT2D eigenvalue weighted by Gasteiger charge is 2.22. The number of methoxy groups -OCH3 is 2. The monoisotopic (exact) mass is 420 g/mol. The summed E-state index contributed by atoms with van der Waals surface area (Å²) in [6.45, 7) is 2.50. The van der Waals surface area contributed by atoms with E-state index in [1.54, 1.807) is 49.1 Å². The van der Waals surface area contributed by atoms with Crippen LogP contribution in [0, 0.1) is 0 Å². The zero-order valence-corrected chi connectivity index (χ0v) is 17.8. The molecule has 1 aliphatic rings. The van der Waals surface area contributed by atoms with Gasteiger partial charge in [0.1, 0.15) is 5.75 Å². The molecule has 0 atom stereocenters. The first-order chi connectivity index (χ1) is 15.0. The fourth-order valence-electron chi connectivity index (χ4n) is 3.78. The number of carbonyl (C=O) groups excluding carboxylic acids is 1. The van der Waals surface area contributed by atoms with Crippen LogP contribution in [0.15, 0.2) is 47.3 Å². The Bertz CT molecular complexity index is 1180. The lowest BCUT2D eigenvalue weighted by atomic mass is 9.97. The van der Waals surface area contributed by atoms with E-state index in [4.69, 9.17) is 14.2 Å². The molecular weight excluding hydrogens is 396 g/mol. The Kier molecular flexibility index (Phi) is 5.75. The largest absolute Gasteiger partial charge is 0.493 e. The van der Waals surface area contributed by atoms with Crippen molar-refractivity contribution in [3.63, 3.8) is 0 Å². The molecule has 0 saturated carbocycles. The summed E-state index contributed by atoms with van der Waals surface area (Å²) in [5, 5.41) is 0. The summed E-state index contributed by atoms with van der Waals surface area (Å²) < 4.78 is 18.3. The van der Waals surface area contributed by atoms with Gasteiger partial charge in [0, 0.05) is 30.2 Å². The fraction of sp³-hybridized carbons (Fsp3) is 0.292. The molecule has 4 rings (SSSR count). The van der Waals surface area contributed by atoms with E-state index >= 15 is 0 Å². The second-order valence-electron chi connectivity index (χ2n) is 7.33. The van der Waals surface area contributed by atoms with Crippen molar-refractivity contribution in [2.75, 3.05) is 14.2 Å². The van der Waals surface area contributed by atoms with E-state index in [0.717, 1.165) is 17.5 Å². The Morgan fingerprint density at radius 3 is 2.45 bits per heavy atom. The maximum absolute atomic E-state index is 12.6. The van der Waals surface area contributed by atoms with Gasteiger partial charge in [-0.2, -0.15) is 4.98 Å². The van der Waals surface area contributed by atoms with Crippen molar-refractivity contribution in [3.05, 3.63) is 64.1 Å². The van der Waals surface area contributed by atoms with Gasteiger partial charge in [-0.15, -0.1) is 0 Å². The quantitative estimate of drug-likeness (QED) is 0.532. The van der Waals surface area contributed by atoms with Gasteiger partial charge in [-0.1, -0.05) is 6.92 Å². The molecule has 2 heterocycles. The van der Waals surface area contributed by atoms with E-state index in [-0.39, 0.29) is 17.4 Å². The maximum Gasteiger partial charge on any atom is 0.351 e. The van der Waals surface area contributed by atoms with Gasteiger partial charge in [-0.3, -0.25) is 9.36 Å². The third kappa shape index (κ3) is 4.03. The third-order valence-corrected chi connectivity index (χ3v) is 5.35. The van der Waals surface area contributed by atoms with Crippen molar-refractivity contribution in [3.8, 4) is 34.4 Å². The molecule has 0 aliphatic carbocycles. The zero-order valence-electron chi connectivity index (χ0n) is 17.8. The van der Waals surface area contributed by atoms with Crippen LogP contribution in [0.25, 0.3) is 11.3 Å². The number of ketones is 1. The van der Waals surface area contributed by atoms with Crippen molar-refractivity contribution >= 4 is 5.78 Å². The lowest BCUT2D eigenvalue weighted by Crippen LogP contribution is -2.28. The Balaban J connectivity index is 1.68. The number of ether oxygens (including phenoxy) is 3. The van der Waals surface area contributed by atoms with Crippen molar-refractivity contribution in [1.29, 1.82) is 0 Å². The molecule has 1 aliphatic heterocycles. The topological polar surface area (TPSA) is 79.7 Å². The smallest absolute Gasteiger partial charge is 0.351 e. The van der Waals surface area contributed by atoms with Gasteiger partial charge in [0.25, 0.3) is 0 Å². The molecule has 2 aromatic carbocycles. The van der Waals surface area contributed by atoms with Crippen LogP contribution in [0.3, 0.4) is 0 Å². The summed E-state index contributed by atoms with van der Waals surface area (Å²) in [6, 6.07) is 12.4. The summed E-state index contributed by atoms with van der Waals surface area (Å²) in [4.78, 5) is 28.7. The number of benzene rings is 2. The molecule has 160 valence electrons. The predicted molar refractivity (Wildman–Crippen MR) is 116 cm³/mol. The Morgan fingerprint density at radius 2 is 1.77 bits per heavy atom. The Labute approximate surface area is 180 Å². The van der Waals surface area contributed by atoms with Crippen LogP contribution in [0.1, 0.15) is 35.7 Å². The van der Waals surface area contributed by atoms with Gasteiger partial charge in [-0.25, -0.2) is 4.79 Å². The zero-order chi connectivity index (χ0) is 22.0. The average molecular weight is 420 g/mol. The Hall–Kier alpha value is -3.61. The van der Waals surface area contributed by atoms with Gasteiger partial charge in [0.2, 0.25) is 5.88 Å². The van der Waals surface area contributed by atoms with Crippen molar-refractivity contribution < 1.29 is 19.0 Å². The molecule has 0 radical (unpaired) electrons. The standard InChI is InChI=1S/C24H24N2O5/c1-4-5-20(27)15-6-8-17(9-7-15)31-23-14-19-18-13-22(30-3)21(29-2)12-16(18)10-11-26(19)24(28)25-23/h6-9,12-14H,4-5,10-11H2,1-3H3. The number of hydrogen-bond donors (Lipinski definition) is 0. The summed E-state index contributed by atoms with van der Waals surface area (Å²) >= 11 is 0. The van der Waals surface area contributed by atoms with E-state index in [1.165, 1.54) is 0 Å². The molecule has 3 aromatic rings. The molecule has 0 spiro atoms. The highest BCUT2D eigenvalue weighted by Crippen LogP contribution is 2.38. The van der Waals surface area contributed by atoms with E-state index in [1.807, 2.05) is 19.1 Å². The average Bonchev–Trinajstić information content (AvgIpc) is 2.78. The molecule has 0 N–H and O–H groups in total. The summed E-state index contributed by atoms with van der Waals surface area (Å²) in [5.74, 6) is 2.05.